The highest BCUT2D eigenvalue weighted by Crippen LogP contribution is 2.18. The molecule has 19 heavy (non-hydrogen) atoms. The van der Waals surface area contributed by atoms with E-state index >= 15 is 0 Å². The molecule has 0 saturated carbocycles. The molecule has 1 aromatic carbocycles. The van der Waals surface area contributed by atoms with Crippen LogP contribution in [0.5, 0.6) is 0 Å². The van der Waals surface area contributed by atoms with Gasteiger partial charge in [0.25, 0.3) is 0 Å². The van der Waals surface area contributed by atoms with Crippen LogP contribution in [0.25, 0.3) is 11.0 Å². The van der Waals surface area contributed by atoms with Gasteiger partial charge >= 0.3 is 0 Å². The molecule has 2 aromatic heterocycles. The molecule has 0 saturated heterocycles. The first-order valence-corrected chi connectivity index (χ1v) is 6.49. The highest BCUT2D eigenvalue weighted by Gasteiger charge is 2.06. The Bertz CT molecular complexity index is 668. The summed E-state index contributed by atoms with van der Waals surface area (Å²) < 4.78 is 5.32. The largest absolute Gasteiger partial charge is 0.469 e. The number of fused-ring (bicyclic) bond motifs is 1. The van der Waals surface area contributed by atoms with E-state index in [9.17, 15) is 0 Å². The maximum absolute atomic E-state index is 5.89. The Labute approximate surface area is 111 Å². The number of H-pyrrole nitrogens is 1. The van der Waals surface area contributed by atoms with Crippen LogP contribution in [0.1, 0.15) is 30.1 Å². The van der Waals surface area contributed by atoms with Crippen LogP contribution in [-0.2, 0) is 12.8 Å². The lowest BCUT2D eigenvalue weighted by molar-refractivity contribution is 0.507. The minimum absolute atomic E-state index is 0.0410. The molecule has 98 valence electrons. The summed E-state index contributed by atoms with van der Waals surface area (Å²) in [6.45, 7) is 1.98. The third-order valence-corrected chi connectivity index (χ3v) is 3.27. The smallest absolute Gasteiger partial charge is 0.107 e. The predicted molar refractivity (Wildman–Crippen MR) is 74.8 cm³/mol. The molecule has 0 aliphatic rings. The van der Waals surface area contributed by atoms with Crippen molar-refractivity contribution in [1.29, 1.82) is 0 Å². The van der Waals surface area contributed by atoms with E-state index in [4.69, 9.17) is 10.2 Å². The average Bonchev–Trinajstić information content (AvgIpc) is 3.04. The molecule has 1 atom stereocenters. The summed E-state index contributed by atoms with van der Waals surface area (Å²) in [6.07, 6.45) is 3.39. The summed E-state index contributed by atoms with van der Waals surface area (Å²) in [5, 5.41) is 0. The molecule has 1 unspecified atom stereocenters. The number of benzene rings is 1. The van der Waals surface area contributed by atoms with Crippen LogP contribution in [0.15, 0.2) is 41.0 Å². The maximum Gasteiger partial charge on any atom is 0.107 e. The summed E-state index contributed by atoms with van der Waals surface area (Å²) in [6, 6.07) is 10.0. The van der Waals surface area contributed by atoms with Crippen LogP contribution in [0.2, 0.25) is 0 Å². The summed E-state index contributed by atoms with van der Waals surface area (Å²) in [4.78, 5) is 7.92. The quantitative estimate of drug-likeness (QED) is 0.753. The van der Waals surface area contributed by atoms with Crippen LogP contribution in [-0.4, -0.2) is 9.97 Å². The van der Waals surface area contributed by atoms with E-state index < -0.39 is 0 Å². The third kappa shape index (κ3) is 2.53. The van der Waals surface area contributed by atoms with E-state index in [1.54, 1.807) is 6.26 Å². The van der Waals surface area contributed by atoms with Crippen molar-refractivity contribution in [3.05, 3.63) is 53.7 Å². The Kier molecular flexibility index (Phi) is 3.09. The van der Waals surface area contributed by atoms with Crippen LogP contribution in [0.3, 0.4) is 0 Å². The van der Waals surface area contributed by atoms with E-state index in [0.29, 0.717) is 0 Å². The summed E-state index contributed by atoms with van der Waals surface area (Å²) >= 11 is 0. The van der Waals surface area contributed by atoms with E-state index in [2.05, 4.69) is 16.0 Å². The molecular weight excluding hydrogens is 238 g/mol. The van der Waals surface area contributed by atoms with Crippen molar-refractivity contribution in [3.63, 3.8) is 0 Å². The molecule has 0 radical (unpaired) electrons. The Hall–Kier alpha value is -2.07. The number of nitrogens with one attached hydrogen (secondary N) is 1. The molecule has 0 aliphatic heterocycles. The lowest BCUT2D eigenvalue weighted by atomic mass is 10.1. The third-order valence-electron chi connectivity index (χ3n) is 3.27. The topological polar surface area (TPSA) is 67.8 Å². The molecule has 3 rings (SSSR count). The van der Waals surface area contributed by atoms with Crippen LogP contribution in [0.4, 0.5) is 0 Å². The van der Waals surface area contributed by atoms with Crippen LogP contribution >= 0.6 is 0 Å². The Morgan fingerprint density at radius 2 is 2.21 bits per heavy atom. The van der Waals surface area contributed by atoms with Gasteiger partial charge in [-0.15, -0.1) is 0 Å². The van der Waals surface area contributed by atoms with Gasteiger partial charge in [-0.3, -0.25) is 0 Å². The fourth-order valence-electron chi connectivity index (χ4n) is 2.18. The average molecular weight is 255 g/mol. The van der Waals surface area contributed by atoms with Crippen molar-refractivity contribution in [2.75, 3.05) is 0 Å². The number of nitrogens with zero attached hydrogens (tertiary/aromatic N) is 1. The van der Waals surface area contributed by atoms with E-state index in [-0.39, 0.29) is 6.04 Å². The minimum Gasteiger partial charge on any atom is -0.469 e. The fourth-order valence-corrected chi connectivity index (χ4v) is 2.18. The van der Waals surface area contributed by atoms with Crippen molar-refractivity contribution in [1.82, 2.24) is 9.97 Å². The highest BCUT2D eigenvalue weighted by molar-refractivity contribution is 5.76. The molecule has 3 aromatic rings. The van der Waals surface area contributed by atoms with Crippen LogP contribution in [0, 0.1) is 0 Å². The Balaban J connectivity index is 1.81. The van der Waals surface area contributed by atoms with Gasteiger partial charge in [-0.1, -0.05) is 6.07 Å². The number of furan rings is 1. The van der Waals surface area contributed by atoms with Crippen molar-refractivity contribution in [2.45, 2.75) is 25.8 Å². The molecule has 4 heteroatoms. The van der Waals surface area contributed by atoms with E-state index in [1.807, 2.05) is 31.2 Å². The number of aryl methyl sites for hydroxylation is 2. The van der Waals surface area contributed by atoms with Crippen molar-refractivity contribution >= 4 is 11.0 Å². The van der Waals surface area contributed by atoms with Gasteiger partial charge in [0.2, 0.25) is 0 Å². The zero-order valence-electron chi connectivity index (χ0n) is 10.9. The molecule has 0 amide bonds. The van der Waals surface area contributed by atoms with Gasteiger partial charge in [0.05, 0.1) is 17.3 Å². The van der Waals surface area contributed by atoms with Gasteiger partial charge in [0, 0.05) is 18.9 Å². The lowest BCUT2D eigenvalue weighted by Crippen LogP contribution is -2.04. The van der Waals surface area contributed by atoms with Crippen molar-refractivity contribution in [2.24, 2.45) is 5.73 Å². The first-order valence-electron chi connectivity index (χ1n) is 6.49. The molecule has 0 fully saturated rings. The molecule has 3 N–H and O–H groups in total. The van der Waals surface area contributed by atoms with Crippen molar-refractivity contribution < 1.29 is 4.42 Å². The molecule has 2 heterocycles. The number of imidazole rings is 1. The fraction of sp³-hybridized carbons (Fsp3) is 0.267. The molecule has 0 aliphatic carbocycles. The second-order valence-corrected chi connectivity index (χ2v) is 4.83. The summed E-state index contributed by atoms with van der Waals surface area (Å²) in [5.41, 5.74) is 9.04. The molecule has 0 bridgehead atoms. The van der Waals surface area contributed by atoms with Gasteiger partial charge < -0.3 is 15.1 Å². The minimum atomic E-state index is 0.0410. The maximum atomic E-state index is 5.89. The SMILES string of the molecule is CC(N)c1ccc2nc(CCc3ccco3)[nH]c2c1. The standard InChI is InChI=1S/C15H17N3O/c1-10(16)11-4-6-13-14(9-11)18-15(17-13)7-5-12-3-2-8-19-12/h2-4,6,8-10H,5,7,16H2,1H3,(H,17,18). The number of aromatic amines is 1. The van der Waals surface area contributed by atoms with Gasteiger partial charge in [-0.05, 0) is 36.8 Å². The van der Waals surface area contributed by atoms with Gasteiger partial charge in [-0.2, -0.15) is 0 Å². The predicted octanol–water partition coefficient (Wildman–Crippen LogP) is 2.96. The number of hydrogen-bond donors (Lipinski definition) is 2. The van der Waals surface area contributed by atoms with E-state index in [0.717, 1.165) is 41.0 Å². The molecule has 0 spiro atoms. The molecule has 4 nitrogen and oxygen atoms in total. The Morgan fingerprint density at radius 3 is 2.95 bits per heavy atom. The number of aromatic nitrogens is 2. The highest BCUT2D eigenvalue weighted by atomic mass is 16.3. The van der Waals surface area contributed by atoms with Crippen LogP contribution < -0.4 is 5.73 Å². The van der Waals surface area contributed by atoms with Gasteiger partial charge in [0.1, 0.15) is 11.6 Å². The summed E-state index contributed by atoms with van der Waals surface area (Å²) in [5.74, 6) is 1.96. The number of hydrogen-bond acceptors (Lipinski definition) is 3. The second kappa shape index (κ2) is 4.90. The number of nitrogens with two attached hydrogens (primary N) is 1. The number of rotatable bonds is 4. The second-order valence-electron chi connectivity index (χ2n) is 4.83. The zero-order valence-corrected chi connectivity index (χ0v) is 10.9. The lowest BCUT2D eigenvalue weighted by Gasteiger charge is -2.03. The van der Waals surface area contributed by atoms with Crippen molar-refractivity contribution in [3.8, 4) is 0 Å². The summed E-state index contributed by atoms with van der Waals surface area (Å²) in [7, 11) is 0. The first-order chi connectivity index (χ1) is 9.22. The monoisotopic (exact) mass is 255 g/mol. The van der Waals surface area contributed by atoms with Gasteiger partial charge in [0.15, 0.2) is 0 Å². The molecular formula is C15H17N3O. The van der Waals surface area contributed by atoms with E-state index in [1.165, 1.54) is 0 Å². The normalized spacial score (nSPS) is 12.9. The zero-order chi connectivity index (χ0) is 13.2. The Morgan fingerprint density at radius 1 is 1.32 bits per heavy atom. The van der Waals surface area contributed by atoms with Gasteiger partial charge in [-0.25, -0.2) is 4.98 Å². The first kappa shape index (κ1) is 12.0.